The molecule has 0 radical (unpaired) electrons. The second-order valence-corrected chi connectivity index (χ2v) is 5.49. The van der Waals surface area contributed by atoms with Crippen LogP contribution in [0.15, 0.2) is 36.4 Å². The van der Waals surface area contributed by atoms with Crippen LogP contribution in [-0.2, 0) is 11.0 Å². The fraction of sp³-hybridized carbons (Fsp3) is 0.235. The van der Waals surface area contributed by atoms with Gasteiger partial charge in [-0.25, -0.2) is 0 Å². The van der Waals surface area contributed by atoms with Gasteiger partial charge in [0.15, 0.2) is 0 Å². The number of carbonyl (C=O) groups is 1. The van der Waals surface area contributed by atoms with E-state index >= 15 is 0 Å². The first kappa shape index (κ1) is 20.8. The summed E-state index contributed by atoms with van der Waals surface area (Å²) in [5.74, 6) is 0.284. The maximum absolute atomic E-state index is 12.7. The summed E-state index contributed by atoms with van der Waals surface area (Å²) >= 11 is 0. The Hall–Kier alpha value is -3.50. The van der Waals surface area contributed by atoms with E-state index in [0.29, 0.717) is 29.3 Å². The third kappa shape index (κ3) is 5.25. The Balaban J connectivity index is 2.11. The molecule has 2 N–H and O–H groups in total. The largest absolute Gasteiger partial charge is 0.497 e. The minimum atomic E-state index is -4.72. The van der Waals surface area contributed by atoms with Crippen molar-refractivity contribution in [3.05, 3.63) is 52.1 Å². The predicted molar refractivity (Wildman–Crippen MR) is 94.8 cm³/mol. The van der Waals surface area contributed by atoms with Crippen LogP contribution in [0, 0.1) is 10.1 Å². The Kier molecular flexibility index (Phi) is 6.29. The molecular weight excluding hydrogens is 383 g/mol. The highest BCUT2D eigenvalue weighted by Gasteiger charge is 2.33. The van der Waals surface area contributed by atoms with Crippen molar-refractivity contribution in [1.82, 2.24) is 0 Å². The molecule has 0 saturated heterocycles. The van der Waals surface area contributed by atoms with Gasteiger partial charge in [0.25, 0.3) is 5.69 Å². The van der Waals surface area contributed by atoms with Crippen molar-refractivity contribution in [2.75, 3.05) is 31.4 Å². The molecule has 0 aliphatic heterocycles. The molecule has 0 spiro atoms. The number of nitrogens with zero attached hydrogens (tertiary/aromatic N) is 1. The lowest BCUT2D eigenvalue weighted by atomic mass is 10.1. The Bertz CT molecular complexity index is 865. The minimum absolute atomic E-state index is 0.212. The molecule has 0 unspecified atom stereocenters. The number of alkyl halides is 3. The molecule has 0 aliphatic rings. The monoisotopic (exact) mass is 399 g/mol. The van der Waals surface area contributed by atoms with Gasteiger partial charge in [-0.15, -0.1) is 0 Å². The average molecular weight is 399 g/mol. The van der Waals surface area contributed by atoms with Crippen molar-refractivity contribution in [2.45, 2.75) is 6.18 Å². The van der Waals surface area contributed by atoms with Crippen LogP contribution in [0.1, 0.15) is 5.56 Å². The molecule has 150 valence electrons. The Morgan fingerprint density at radius 3 is 2.21 bits per heavy atom. The summed E-state index contributed by atoms with van der Waals surface area (Å²) in [4.78, 5) is 22.2. The van der Waals surface area contributed by atoms with Crippen molar-refractivity contribution in [3.63, 3.8) is 0 Å². The SMILES string of the molecule is COc1cc(NC(=O)CNc2ccc(C(F)(F)F)cc2[N+](=O)[O-])cc(OC)c1. The van der Waals surface area contributed by atoms with Crippen LogP contribution in [0.4, 0.5) is 30.2 Å². The van der Waals surface area contributed by atoms with Gasteiger partial charge in [0.05, 0.1) is 31.3 Å². The molecule has 0 aromatic heterocycles. The second kappa shape index (κ2) is 8.46. The number of amides is 1. The number of methoxy groups -OCH3 is 2. The molecule has 0 heterocycles. The molecule has 0 aliphatic carbocycles. The molecule has 1 amide bonds. The Morgan fingerprint density at radius 2 is 1.71 bits per heavy atom. The first-order valence-electron chi connectivity index (χ1n) is 7.76. The fourth-order valence-corrected chi connectivity index (χ4v) is 2.27. The standard InChI is InChI=1S/C17H16F3N3O5/c1-27-12-6-11(7-13(8-12)28-2)22-16(24)9-21-14-4-3-10(17(18,19)20)5-15(14)23(25)26/h3-8,21H,9H2,1-2H3,(H,22,24). The molecule has 2 aromatic carbocycles. The number of nitro benzene ring substituents is 1. The van der Waals surface area contributed by atoms with Crippen molar-refractivity contribution in [2.24, 2.45) is 0 Å². The maximum atomic E-state index is 12.7. The zero-order valence-corrected chi connectivity index (χ0v) is 14.8. The molecule has 28 heavy (non-hydrogen) atoms. The summed E-state index contributed by atoms with van der Waals surface area (Å²) in [5, 5.41) is 16.0. The van der Waals surface area contributed by atoms with Crippen LogP contribution < -0.4 is 20.1 Å². The van der Waals surface area contributed by atoms with E-state index in [1.165, 1.54) is 26.4 Å². The summed E-state index contributed by atoms with van der Waals surface area (Å²) in [7, 11) is 2.87. The number of nitrogens with one attached hydrogen (secondary N) is 2. The van der Waals surface area contributed by atoms with Gasteiger partial charge < -0.3 is 20.1 Å². The highest BCUT2D eigenvalue weighted by atomic mass is 19.4. The van der Waals surface area contributed by atoms with Gasteiger partial charge >= 0.3 is 6.18 Å². The average Bonchev–Trinajstić information content (AvgIpc) is 2.64. The van der Waals surface area contributed by atoms with Crippen LogP contribution in [0.25, 0.3) is 0 Å². The van der Waals surface area contributed by atoms with Crippen molar-refractivity contribution >= 4 is 23.0 Å². The van der Waals surface area contributed by atoms with E-state index in [4.69, 9.17) is 9.47 Å². The van der Waals surface area contributed by atoms with E-state index in [1.807, 2.05) is 0 Å². The molecule has 8 nitrogen and oxygen atoms in total. The number of hydrogen-bond acceptors (Lipinski definition) is 6. The maximum Gasteiger partial charge on any atom is 0.416 e. The molecule has 11 heteroatoms. The summed E-state index contributed by atoms with van der Waals surface area (Å²) in [6.45, 7) is -0.411. The van der Waals surface area contributed by atoms with E-state index < -0.39 is 34.8 Å². The van der Waals surface area contributed by atoms with E-state index in [9.17, 15) is 28.1 Å². The first-order valence-corrected chi connectivity index (χ1v) is 7.76. The van der Waals surface area contributed by atoms with Crippen LogP contribution in [0.2, 0.25) is 0 Å². The number of ether oxygens (including phenoxy) is 2. The number of anilines is 2. The number of benzene rings is 2. The zero-order valence-electron chi connectivity index (χ0n) is 14.8. The summed E-state index contributed by atoms with van der Waals surface area (Å²) in [6, 6.07) is 6.66. The van der Waals surface area contributed by atoms with E-state index in [1.54, 1.807) is 6.07 Å². The molecule has 2 rings (SSSR count). The topological polar surface area (TPSA) is 103 Å². The van der Waals surface area contributed by atoms with Gasteiger partial charge in [-0.1, -0.05) is 0 Å². The van der Waals surface area contributed by atoms with E-state index in [0.717, 1.165) is 6.07 Å². The van der Waals surface area contributed by atoms with Gasteiger partial charge in [-0.2, -0.15) is 13.2 Å². The van der Waals surface area contributed by atoms with Crippen molar-refractivity contribution < 1.29 is 32.4 Å². The molecule has 0 atom stereocenters. The third-order valence-corrected chi connectivity index (χ3v) is 3.60. The van der Waals surface area contributed by atoms with Crippen LogP contribution in [-0.4, -0.2) is 31.6 Å². The van der Waals surface area contributed by atoms with Crippen LogP contribution in [0.5, 0.6) is 11.5 Å². The second-order valence-electron chi connectivity index (χ2n) is 5.49. The normalized spacial score (nSPS) is 10.9. The van der Waals surface area contributed by atoms with Gasteiger partial charge in [-0.3, -0.25) is 14.9 Å². The Morgan fingerprint density at radius 1 is 1.11 bits per heavy atom. The lowest BCUT2D eigenvalue weighted by Gasteiger charge is -2.12. The summed E-state index contributed by atoms with van der Waals surface area (Å²) in [5.41, 5.74) is -1.80. The lowest BCUT2D eigenvalue weighted by molar-refractivity contribution is -0.384. The lowest BCUT2D eigenvalue weighted by Crippen LogP contribution is -2.22. The first-order chi connectivity index (χ1) is 13.1. The van der Waals surface area contributed by atoms with Gasteiger partial charge in [0.1, 0.15) is 17.2 Å². The number of nitro groups is 1. The fourth-order valence-electron chi connectivity index (χ4n) is 2.27. The predicted octanol–water partition coefficient (Wildman–Crippen LogP) is 3.68. The smallest absolute Gasteiger partial charge is 0.416 e. The van der Waals surface area contributed by atoms with E-state index in [2.05, 4.69) is 10.6 Å². The van der Waals surface area contributed by atoms with Gasteiger partial charge in [-0.05, 0) is 12.1 Å². The quantitative estimate of drug-likeness (QED) is 0.544. The molecule has 0 saturated carbocycles. The van der Waals surface area contributed by atoms with Crippen molar-refractivity contribution in [3.8, 4) is 11.5 Å². The summed E-state index contributed by atoms with van der Waals surface area (Å²) in [6.07, 6.45) is -4.72. The number of carbonyl (C=O) groups excluding carboxylic acids is 1. The molecule has 0 fully saturated rings. The minimum Gasteiger partial charge on any atom is -0.497 e. The van der Waals surface area contributed by atoms with E-state index in [-0.39, 0.29) is 5.69 Å². The van der Waals surface area contributed by atoms with Gasteiger partial charge in [0, 0.05) is 30.0 Å². The molecule has 2 aromatic rings. The highest BCUT2D eigenvalue weighted by molar-refractivity contribution is 5.94. The van der Waals surface area contributed by atoms with Gasteiger partial charge in [0.2, 0.25) is 5.91 Å². The number of rotatable bonds is 7. The molecule has 0 bridgehead atoms. The van der Waals surface area contributed by atoms with Crippen molar-refractivity contribution in [1.29, 1.82) is 0 Å². The molecular formula is C17H16F3N3O5. The van der Waals surface area contributed by atoms with Crippen LogP contribution in [0.3, 0.4) is 0 Å². The Labute approximate surface area is 157 Å². The zero-order chi connectivity index (χ0) is 20.9. The highest BCUT2D eigenvalue weighted by Crippen LogP contribution is 2.35. The number of hydrogen-bond donors (Lipinski definition) is 2. The summed E-state index contributed by atoms with van der Waals surface area (Å²) < 4.78 is 48.3. The third-order valence-electron chi connectivity index (χ3n) is 3.60. The van der Waals surface area contributed by atoms with Crippen LogP contribution >= 0.6 is 0 Å². The number of halogens is 3.